The maximum absolute atomic E-state index is 12.9. The molecular weight excluding hydrogens is 460 g/mol. The van der Waals surface area contributed by atoms with E-state index in [1.54, 1.807) is 42.5 Å². The van der Waals surface area contributed by atoms with Gasteiger partial charge < -0.3 is 4.74 Å². The summed E-state index contributed by atoms with van der Waals surface area (Å²) in [5.74, 6) is -0.236. The van der Waals surface area contributed by atoms with E-state index in [0.717, 1.165) is 12.5 Å². The average Bonchev–Trinajstić information content (AvgIpc) is 3.09. The third kappa shape index (κ3) is 4.81. The zero-order valence-corrected chi connectivity index (χ0v) is 19.5. The van der Waals surface area contributed by atoms with E-state index in [4.69, 9.17) is 4.74 Å². The zero-order chi connectivity index (χ0) is 23.8. The van der Waals surface area contributed by atoms with Gasteiger partial charge in [0.25, 0.3) is 0 Å². The lowest BCUT2D eigenvalue weighted by molar-refractivity contribution is -0.131. The van der Waals surface area contributed by atoms with Crippen LogP contribution in [0, 0.1) is 0 Å². The van der Waals surface area contributed by atoms with Gasteiger partial charge in [-0.2, -0.15) is 0 Å². The summed E-state index contributed by atoms with van der Waals surface area (Å²) in [6.07, 6.45) is 3.91. The Kier molecular flexibility index (Phi) is 5.82. The molecule has 3 aromatic rings. The number of carbonyl (C=O) groups is 1. The molecule has 0 saturated carbocycles. The molecule has 0 atom stereocenters. The number of esters is 1. The van der Waals surface area contributed by atoms with Gasteiger partial charge in [-0.3, -0.25) is 0 Å². The van der Waals surface area contributed by atoms with Gasteiger partial charge in [0.05, 0.1) is 15.4 Å². The van der Waals surface area contributed by atoms with Crippen molar-refractivity contribution in [3.8, 4) is 0 Å². The number of sulfone groups is 2. The Morgan fingerprint density at radius 3 is 1.64 bits per heavy atom. The molecule has 0 unspecified atom stereocenters. The van der Waals surface area contributed by atoms with Gasteiger partial charge in [0.15, 0.2) is 19.7 Å². The third-order valence-electron chi connectivity index (χ3n) is 5.14. The van der Waals surface area contributed by atoms with Crippen molar-refractivity contribution in [2.75, 3.05) is 12.5 Å². The molecule has 1 aliphatic rings. The fourth-order valence-corrected chi connectivity index (χ4v) is 4.77. The van der Waals surface area contributed by atoms with Crippen molar-refractivity contribution in [3.63, 3.8) is 0 Å². The van der Waals surface area contributed by atoms with Crippen LogP contribution in [0.15, 0.2) is 94.4 Å². The molecule has 0 fully saturated rings. The van der Waals surface area contributed by atoms with Gasteiger partial charge in [-0.25, -0.2) is 21.6 Å². The summed E-state index contributed by atoms with van der Waals surface area (Å²) < 4.78 is 52.8. The van der Waals surface area contributed by atoms with E-state index in [9.17, 15) is 21.6 Å². The van der Waals surface area contributed by atoms with E-state index >= 15 is 0 Å². The summed E-state index contributed by atoms with van der Waals surface area (Å²) in [6, 6.07) is 21.5. The summed E-state index contributed by atoms with van der Waals surface area (Å²) in [4.78, 5) is 13.2. The van der Waals surface area contributed by atoms with Crippen LogP contribution in [0.2, 0.25) is 0 Å². The quantitative estimate of drug-likeness (QED) is 0.513. The summed E-state index contributed by atoms with van der Waals surface area (Å²) in [5.41, 5.74) is 2.82. The number of benzene rings is 3. The Bertz CT molecular complexity index is 1500. The Labute approximate surface area is 192 Å². The molecule has 4 rings (SSSR count). The second kappa shape index (κ2) is 8.46. The summed E-state index contributed by atoms with van der Waals surface area (Å²) in [7, 11) is -6.71. The molecule has 33 heavy (non-hydrogen) atoms. The SMILES string of the molecule is CS(=O)(=O)c1ccc(/C=C2\OC(=O)C(c3ccccc3)=C2c2ccc(S(C)(=O)=O)cc2)cc1. The highest BCUT2D eigenvalue weighted by molar-refractivity contribution is 7.91. The highest BCUT2D eigenvalue weighted by Gasteiger charge is 2.32. The Hall–Kier alpha value is -3.49. The van der Waals surface area contributed by atoms with E-state index in [2.05, 4.69) is 0 Å². The van der Waals surface area contributed by atoms with Gasteiger partial charge >= 0.3 is 5.97 Å². The second-order valence-electron chi connectivity index (χ2n) is 7.65. The molecule has 1 aliphatic heterocycles. The first-order valence-electron chi connectivity index (χ1n) is 9.88. The van der Waals surface area contributed by atoms with Crippen molar-refractivity contribution in [2.24, 2.45) is 0 Å². The van der Waals surface area contributed by atoms with Crippen LogP contribution in [-0.2, 0) is 29.2 Å². The lowest BCUT2D eigenvalue weighted by Crippen LogP contribution is -1.98. The first-order chi connectivity index (χ1) is 15.5. The zero-order valence-electron chi connectivity index (χ0n) is 17.8. The van der Waals surface area contributed by atoms with Crippen LogP contribution < -0.4 is 0 Å². The van der Waals surface area contributed by atoms with Gasteiger partial charge in [-0.1, -0.05) is 54.6 Å². The van der Waals surface area contributed by atoms with Crippen molar-refractivity contribution < 1.29 is 26.4 Å². The Morgan fingerprint density at radius 2 is 1.12 bits per heavy atom. The fourth-order valence-electron chi connectivity index (χ4n) is 3.51. The van der Waals surface area contributed by atoms with Crippen molar-refractivity contribution in [2.45, 2.75) is 9.79 Å². The third-order valence-corrected chi connectivity index (χ3v) is 7.40. The summed E-state index contributed by atoms with van der Waals surface area (Å²) in [5, 5.41) is 0. The number of carbonyl (C=O) groups excluding carboxylic acids is 1. The minimum absolute atomic E-state index is 0.167. The lowest BCUT2D eigenvalue weighted by Gasteiger charge is -2.08. The standard InChI is InChI=1S/C25H20O6S2/c1-32(27,28)20-12-8-17(9-13-20)16-22-23(19-10-14-21(15-11-19)33(2,29)30)24(25(26)31-22)18-6-4-3-5-7-18/h3-16H,1-2H3/b22-16-. The van der Waals surface area contributed by atoms with Crippen LogP contribution in [-0.4, -0.2) is 35.3 Å². The van der Waals surface area contributed by atoms with Gasteiger partial charge in [0, 0.05) is 18.1 Å². The minimum atomic E-state index is -3.38. The van der Waals surface area contributed by atoms with E-state index in [1.807, 2.05) is 18.2 Å². The van der Waals surface area contributed by atoms with E-state index in [1.165, 1.54) is 24.3 Å². The molecule has 0 spiro atoms. The van der Waals surface area contributed by atoms with Gasteiger partial charge in [-0.05, 0) is 47.0 Å². The van der Waals surface area contributed by atoms with Crippen LogP contribution in [0.3, 0.4) is 0 Å². The molecule has 0 amide bonds. The summed E-state index contributed by atoms with van der Waals surface area (Å²) >= 11 is 0. The molecule has 6 nitrogen and oxygen atoms in total. The monoisotopic (exact) mass is 480 g/mol. The van der Waals surface area contributed by atoms with E-state index in [-0.39, 0.29) is 15.6 Å². The number of cyclic esters (lactones) is 1. The maximum Gasteiger partial charge on any atom is 0.344 e. The molecule has 8 heteroatoms. The predicted molar refractivity (Wildman–Crippen MR) is 126 cm³/mol. The van der Waals surface area contributed by atoms with E-state index < -0.39 is 25.6 Å². The molecule has 168 valence electrons. The summed E-state index contributed by atoms with van der Waals surface area (Å²) in [6.45, 7) is 0. The first kappa shape index (κ1) is 22.7. The van der Waals surface area contributed by atoms with Crippen LogP contribution in [0.1, 0.15) is 16.7 Å². The fraction of sp³-hybridized carbons (Fsp3) is 0.0800. The molecule has 0 bridgehead atoms. The average molecular weight is 481 g/mol. The van der Waals surface area contributed by atoms with Crippen LogP contribution in [0.5, 0.6) is 0 Å². The number of rotatable bonds is 5. The van der Waals surface area contributed by atoms with Crippen molar-refractivity contribution >= 4 is 42.9 Å². The Morgan fingerprint density at radius 1 is 0.636 bits per heavy atom. The molecule has 1 heterocycles. The number of hydrogen-bond donors (Lipinski definition) is 0. The van der Waals surface area contributed by atoms with Gasteiger partial charge in [-0.15, -0.1) is 0 Å². The molecule has 0 aromatic heterocycles. The van der Waals surface area contributed by atoms with Gasteiger partial charge in [0.1, 0.15) is 5.76 Å². The maximum atomic E-state index is 12.9. The first-order valence-corrected chi connectivity index (χ1v) is 13.7. The number of ether oxygens (including phenoxy) is 1. The van der Waals surface area contributed by atoms with Crippen molar-refractivity contribution in [3.05, 3.63) is 101 Å². The highest BCUT2D eigenvalue weighted by Crippen LogP contribution is 2.40. The molecular formula is C25H20O6S2. The number of allylic oxidation sites excluding steroid dienone is 1. The molecule has 0 radical (unpaired) electrons. The van der Waals surface area contributed by atoms with Crippen LogP contribution >= 0.6 is 0 Å². The minimum Gasteiger partial charge on any atom is -0.422 e. The second-order valence-corrected chi connectivity index (χ2v) is 11.7. The van der Waals surface area contributed by atoms with E-state index in [0.29, 0.717) is 27.8 Å². The van der Waals surface area contributed by atoms with Gasteiger partial charge in [0.2, 0.25) is 0 Å². The van der Waals surface area contributed by atoms with Crippen LogP contribution in [0.4, 0.5) is 0 Å². The highest BCUT2D eigenvalue weighted by atomic mass is 32.2. The Balaban J connectivity index is 1.87. The normalized spacial score (nSPS) is 15.7. The predicted octanol–water partition coefficient (Wildman–Crippen LogP) is 4.00. The van der Waals surface area contributed by atoms with Crippen molar-refractivity contribution in [1.82, 2.24) is 0 Å². The largest absolute Gasteiger partial charge is 0.422 e. The smallest absolute Gasteiger partial charge is 0.344 e. The molecule has 0 N–H and O–H groups in total. The topological polar surface area (TPSA) is 94.6 Å². The van der Waals surface area contributed by atoms with Crippen LogP contribution in [0.25, 0.3) is 17.2 Å². The van der Waals surface area contributed by atoms with Crippen molar-refractivity contribution in [1.29, 1.82) is 0 Å². The number of hydrogen-bond acceptors (Lipinski definition) is 6. The molecule has 3 aromatic carbocycles. The lowest BCUT2D eigenvalue weighted by atomic mass is 9.94. The molecule has 0 aliphatic carbocycles. The molecule has 0 saturated heterocycles.